The molecule has 282 valence electrons. The van der Waals surface area contributed by atoms with Crippen molar-refractivity contribution < 1.29 is 49.5 Å². The Balaban J connectivity index is 1.54. The van der Waals surface area contributed by atoms with Crippen LogP contribution in [0.3, 0.4) is 0 Å². The molecule has 3 N–H and O–H groups in total. The SMILES string of the molecule is Cc1c(N2CCN(Cc3ccc(C(F)(F)F)o3)CC2)c(=O)n(C[C@H](NCCP(=O)(O)O)c2ccccc2)c(=O)n1Cc1c(F)cccc1C(F)(F)F. The van der Waals surface area contributed by atoms with Gasteiger partial charge in [0.2, 0.25) is 5.76 Å². The fraction of sp³-hybridized carbons (Fsp3) is 0.394. The molecule has 0 saturated carbocycles. The van der Waals surface area contributed by atoms with Gasteiger partial charge in [-0.3, -0.25) is 23.4 Å². The number of hydrogen-bond acceptors (Lipinski definition) is 7. The molecular formula is C33H35F7N5O6P. The summed E-state index contributed by atoms with van der Waals surface area (Å²) in [6, 6.07) is 11.9. The third-order valence-electron chi connectivity index (χ3n) is 8.77. The zero-order valence-electron chi connectivity index (χ0n) is 27.6. The minimum absolute atomic E-state index is 0.0270. The summed E-state index contributed by atoms with van der Waals surface area (Å²) in [5.74, 6) is -2.30. The highest BCUT2D eigenvalue weighted by molar-refractivity contribution is 7.51. The predicted molar refractivity (Wildman–Crippen MR) is 175 cm³/mol. The van der Waals surface area contributed by atoms with Crippen molar-refractivity contribution in [1.29, 1.82) is 0 Å². The van der Waals surface area contributed by atoms with Crippen molar-refractivity contribution in [2.75, 3.05) is 43.8 Å². The van der Waals surface area contributed by atoms with E-state index >= 15 is 4.39 Å². The van der Waals surface area contributed by atoms with E-state index in [1.54, 1.807) is 40.1 Å². The lowest BCUT2D eigenvalue weighted by Gasteiger charge is -2.36. The predicted octanol–water partition coefficient (Wildman–Crippen LogP) is 4.97. The minimum Gasteiger partial charge on any atom is -0.455 e. The summed E-state index contributed by atoms with van der Waals surface area (Å²) >= 11 is 0. The number of halogens is 7. The van der Waals surface area contributed by atoms with E-state index < -0.39 is 79.2 Å². The van der Waals surface area contributed by atoms with Crippen LogP contribution in [0.5, 0.6) is 0 Å². The van der Waals surface area contributed by atoms with Crippen LogP contribution in [-0.4, -0.2) is 62.7 Å². The number of piperazine rings is 1. The Morgan fingerprint density at radius 2 is 1.54 bits per heavy atom. The van der Waals surface area contributed by atoms with Crippen LogP contribution in [0.2, 0.25) is 0 Å². The smallest absolute Gasteiger partial charge is 0.449 e. The molecule has 0 unspecified atom stereocenters. The molecule has 1 fully saturated rings. The number of aromatic nitrogens is 2. The van der Waals surface area contributed by atoms with Crippen LogP contribution in [0.1, 0.15) is 39.9 Å². The molecule has 3 heterocycles. The molecule has 2 aromatic carbocycles. The Bertz CT molecular complexity index is 2030. The molecule has 1 aliphatic heterocycles. The lowest BCUT2D eigenvalue weighted by atomic mass is 10.1. The molecule has 0 radical (unpaired) electrons. The third-order valence-corrected chi connectivity index (χ3v) is 9.57. The Morgan fingerprint density at radius 3 is 2.13 bits per heavy atom. The highest BCUT2D eigenvalue weighted by Gasteiger charge is 2.36. The quantitative estimate of drug-likeness (QED) is 0.135. The van der Waals surface area contributed by atoms with Crippen molar-refractivity contribution in [3.05, 3.63) is 121 Å². The number of anilines is 1. The molecule has 19 heteroatoms. The fourth-order valence-corrected chi connectivity index (χ4v) is 6.57. The van der Waals surface area contributed by atoms with Crippen LogP contribution in [0.15, 0.2) is 74.7 Å². The summed E-state index contributed by atoms with van der Waals surface area (Å²) in [7, 11) is -4.44. The molecular weight excluding hydrogens is 726 g/mol. The van der Waals surface area contributed by atoms with Gasteiger partial charge in [0.05, 0.1) is 37.4 Å². The van der Waals surface area contributed by atoms with E-state index in [1.165, 1.54) is 13.0 Å². The topological polar surface area (TPSA) is 133 Å². The highest BCUT2D eigenvalue weighted by Crippen LogP contribution is 2.35. The van der Waals surface area contributed by atoms with Gasteiger partial charge in [0, 0.05) is 44.0 Å². The van der Waals surface area contributed by atoms with Crippen molar-refractivity contribution in [3.63, 3.8) is 0 Å². The number of nitrogens with zero attached hydrogens (tertiary/aromatic N) is 4. The van der Waals surface area contributed by atoms with Gasteiger partial charge in [-0.05, 0) is 36.8 Å². The number of hydrogen-bond donors (Lipinski definition) is 3. The summed E-state index contributed by atoms with van der Waals surface area (Å²) in [6.45, 7) is 0.549. The lowest BCUT2D eigenvalue weighted by molar-refractivity contribution is -0.153. The molecule has 0 spiro atoms. The van der Waals surface area contributed by atoms with Crippen molar-refractivity contribution in [3.8, 4) is 0 Å². The second kappa shape index (κ2) is 15.4. The molecule has 0 bridgehead atoms. The first kappa shape index (κ1) is 39.0. The van der Waals surface area contributed by atoms with Crippen LogP contribution < -0.4 is 21.5 Å². The second-order valence-corrected chi connectivity index (χ2v) is 14.1. The van der Waals surface area contributed by atoms with E-state index in [9.17, 15) is 50.3 Å². The van der Waals surface area contributed by atoms with Crippen molar-refractivity contribution in [2.24, 2.45) is 0 Å². The Labute approximate surface area is 292 Å². The number of nitrogens with one attached hydrogen (secondary N) is 1. The van der Waals surface area contributed by atoms with Crippen LogP contribution >= 0.6 is 7.60 Å². The van der Waals surface area contributed by atoms with E-state index in [2.05, 4.69) is 5.32 Å². The van der Waals surface area contributed by atoms with E-state index in [-0.39, 0.29) is 56.4 Å². The molecule has 2 aromatic heterocycles. The Morgan fingerprint density at radius 1 is 0.865 bits per heavy atom. The second-order valence-electron chi connectivity index (χ2n) is 12.3. The van der Waals surface area contributed by atoms with Gasteiger partial charge in [0.25, 0.3) is 5.56 Å². The van der Waals surface area contributed by atoms with E-state index in [1.807, 2.05) is 0 Å². The van der Waals surface area contributed by atoms with Gasteiger partial charge in [0.15, 0.2) is 0 Å². The summed E-state index contributed by atoms with van der Waals surface area (Å²) in [5.41, 5.74) is -3.54. The molecule has 0 amide bonds. The minimum atomic E-state index is -4.97. The van der Waals surface area contributed by atoms with Gasteiger partial charge in [-0.1, -0.05) is 36.4 Å². The third kappa shape index (κ3) is 9.22. The van der Waals surface area contributed by atoms with Gasteiger partial charge >= 0.3 is 25.6 Å². The highest BCUT2D eigenvalue weighted by atomic mass is 31.2. The molecule has 4 aromatic rings. The summed E-state index contributed by atoms with van der Waals surface area (Å²) in [5, 5.41) is 2.95. The molecule has 1 saturated heterocycles. The normalized spacial score (nSPS) is 15.3. The Kier molecular flexibility index (Phi) is 11.6. The molecule has 5 rings (SSSR count). The average molecular weight is 762 g/mol. The maximum atomic E-state index is 15.1. The van der Waals surface area contributed by atoms with E-state index in [4.69, 9.17) is 4.42 Å². The zero-order valence-corrected chi connectivity index (χ0v) is 28.5. The largest absolute Gasteiger partial charge is 0.455 e. The van der Waals surface area contributed by atoms with Crippen LogP contribution in [0, 0.1) is 12.7 Å². The fourth-order valence-electron chi connectivity index (χ4n) is 6.15. The summed E-state index contributed by atoms with van der Waals surface area (Å²) in [6.07, 6.45) is -10.2. The lowest BCUT2D eigenvalue weighted by Crippen LogP contribution is -2.51. The molecule has 1 aliphatic rings. The molecule has 0 aliphatic carbocycles. The summed E-state index contributed by atoms with van der Waals surface area (Å²) < 4.78 is 114. The number of furan rings is 1. The van der Waals surface area contributed by atoms with Gasteiger partial charge in [-0.15, -0.1) is 0 Å². The van der Waals surface area contributed by atoms with Gasteiger partial charge in [-0.2, -0.15) is 26.3 Å². The van der Waals surface area contributed by atoms with Crippen molar-refractivity contribution in [1.82, 2.24) is 19.4 Å². The van der Waals surface area contributed by atoms with Crippen molar-refractivity contribution >= 4 is 13.3 Å². The van der Waals surface area contributed by atoms with Crippen molar-refractivity contribution in [2.45, 2.75) is 45.0 Å². The first-order chi connectivity index (χ1) is 24.3. The first-order valence-electron chi connectivity index (χ1n) is 16.0. The Hall–Kier alpha value is -4.22. The van der Waals surface area contributed by atoms with Gasteiger partial charge in [0.1, 0.15) is 17.3 Å². The number of alkyl halides is 6. The van der Waals surface area contributed by atoms with Crippen LogP contribution in [0.4, 0.5) is 36.4 Å². The average Bonchev–Trinajstić information content (AvgIpc) is 3.54. The maximum absolute atomic E-state index is 15.1. The molecule has 1 atom stereocenters. The number of rotatable bonds is 12. The molecule has 52 heavy (non-hydrogen) atoms. The summed E-state index contributed by atoms with van der Waals surface area (Å²) in [4.78, 5) is 50.5. The van der Waals surface area contributed by atoms with E-state index in [0.717, 1.165) is 27.3 Å². The van der Waals surface area contributed by atoms with Crippen LogP contribution in [0.25, 0.3) is 0 Å². The zero-order chi connectivity index (χ0) is 38.0. The maximum Gasteiger partial charge on any atom is 0.449 e. The molecule has 11 nitrogen and oxygen atoms in total. The number of benzene rings is 2. The van der Waals surface area contributed by atoms with Gasteiger partial charge in [-0.25, -0.2) is 9.18 Å². The van der Waals surface area contributed by atoms with Crippen LogP contribution in [-0.2, 0) is 36.6 Å². The first-order valence-corrected chi connectivity index (χ1v) is 17.8. The van der Waals surface area contributed by atoms with Gasteiger partial charge < -0.3 is 24.4 Å². The van der Waals surface area contributed by atoms with E-state index in [0.29, 0.717) is 11.6 Å². The monoisotopic (exact) mass is 761 g/mol. The standard InChI is InChI=1S/C33H35F7N5O6P/c1-21-29(43-15-13-42(14-16-43)18-23-10-11-28(51-23)33(38,39)40)30(46)45(20-27(22-6-3-2-4-7-22)41-12-17-52(48,49)50)31(47)44(21)19-24-25(32(35,36)37)8-5-9-26(24)34/h2-11,27,41H,12-20H2,1H3,(H2,48,49,50)/t27-/m0/s1.